The Kier molecular flexibility index (Phi) is 5.74. The summed E-state index contributed by atoms with van der Waals surface area (Å²) in [7, 11) is -1.49. The number of sulfonamides is 1. The van der Waals surface area contributed by atoms with E-state index in [1.54, 1.807) is 7.11 Å². The maximum Gasteiger partial charge on any atom is 0.224 e. The first-order valence-electron chi connectivity index (χ1n) is 8.56. The molecule has 1 aliphatic heterocycles. The molecule has 0 radical (unpaired) electrons. The molecule has 2 rings (SSSR count). The number of amides is 1. The fourth-order valence-electron chi connectivity index (χ4n) is 4.23. The van der Waals surface area contributed by atoms with Gasteiger partial charge >= 0.3 is 0 Å². The molecule has 1 saturated carbocycles. The molecule has 1 aliphatic carbocycles. The zero-order valence-corrected chi connectivity index (χ0v) is 15.5. The van der Waals surface area contributed by atoms with Crippen molar-refractivity contribution in [2.75, 3.05) is 26.5 Å². The average Bonchev–Trinajstić information content (AvgIpc) is 2.51. The standard InChI is InChI=1S/C16H30N2O4S/c1-5-16(6-2)13(10-14(16)22-3)17-15(19)12-8-7-9-18(11-12)23(4,20)21/h12-14H,5-11H2,1-4H3,(H,17,19)/t12-,13+,14+/m0/s1. The summed E-state index contributed by atoms with van der Waals surface area (Å²) in [5, 5.41) is 3.17. The van der Waals surface area contributed by atoms with Crippen molar-refractivity contribution in [1.29, 1.82) is 0 Å². The molecule has 3 atom stereocenters. The third-order valence-corrected chi connectivity index (χ3v) is 7.20. The van der Waals surface area contributed by atoms with E-state index in [0.717, 1.165) is 32.1 Å². The fourth-order valence-corrected chi connectivity index (χ4v) is 5.14. The number of carbonyl (C=O) groups is 1. The molecular weight excluding hydrogens is 316 g/mol. The maximum atomic E-state index is 12.6. The van der Waals surface area contributed by atoms with Crippen molar-refractivity contribution in [2.45, 2.75) is 58.1 Å². The zero-order valence-electron chi connectivity index (χ0n) is 14.7. The predicted molar refractivity (Wildman–Crippen MR) is 89.5 cm³/mol. The van der Waals surface area contributed by atoms with Crippen molar-refractivity contribution < 1.29 is 17.9 Å². The van der Waals surface area contributed by atoms with E-state index in [-0.39, 0.29) is 29.4 Å². The van der Waals surface area contributed by atoms with Gasteiger partial charge in [-0.2, -0.15) is 0 Å². The molecule has 23 heavy (non-hydrogen) atoms. The van der Waals surface area contributed by atoms with E-state index in [1.165, 1.54) is 10.6 Å². The van der Waals surface area contributed by atoms with Crippen LogP contribution in [0.5, 0.6) is 0 Å². The largest absolute Gasteiger partial charge is 0.381 e. The van der Waals surface area contributed by atoms with Crippen LogP contribution in [0.4, 0.5) is 0 Å². The Hall–Kier alpha value is -0.660. The van der Waals surface area contributed by atoms with Crippen LogP contribution in [0.15, 0.2) is 0 Å². The number of piperidine rings is 1. The smallest absolute Gasteiger partial charge is 0.224 e. The molecule has 0 bridgehead atoms. The van der Waals surface area contributed by atoms with Crippen LogP contribution in [0.2, 0.25) is 0 Å². The molecular formula is C16H30N2O4S. The summed E-state index contributed by atoms with van der Waals surface area (Å²) in [6.45, 7) is 5.10. The van der Waals surface area contributed by atoms with Gasteiger partial charge in [-0.05, 0) is 32.1 Å². The molecule has 1 amide bonds. The predicted octanol–water partition coefficient (Wildman–Crippen LogP) is 1.37. The summed E-state index contributed by atoms with van der Waals surface area (Å²) >= 11 is 0. The lowest BCUT2D eigenvalue weighted by Crippen LogP contribution is -2.65. The van der Waals surface area contributed by atoms with Crippen molar-refractivity contribution in [1.82, 2.24) is 9.62 Å². The number of carbonyl (C=O) groups excluding carboxylic acids is 1. The molecule has 0 aromatic rings. The second kappa shape index (κ2) is 7.07. The van der Waals surface area contributed by atoms with Crippen LogP contribution in [0, 0.1) is 11.3 Å². The van der Waals surface area contributed by atoms with Gasteiger partial charge in [-0.25, -0.2) is 12.7 Å². The van der Waals surface area contributed by atoms with E-state index in [2.05, 4.69) is 19.2 Å². The molecule has 2 aliphatic rings. The Morgan fingerprint density at radius 1 is 1.35 bits per heavy atom. The van der Waals surface area contributed by atoms with Gasteiger partial charge in [-0.3, -0.25) is 4.79 Å². The zero-order chi connectivity index (χ0) is 17.3. The van der Waals surface area contributed by atoms with Gasteiger partial charge in [-0.1, -0.05) is 13.8 Å². The normalized spacial score (nSPS) is 31.4. The first-order valence-corrected chi connectivity index (χ1v) is 10.4. The highest BCUT2D eigenvalue weighted by atomic mass is 32.2. The maximum absolute atomic E-state index is 12.6. The highest BCUT2D eigenvalue weighted by molar-refractivity contribution is 7.88. The molecule has 7 heteroatoms. The number of rotatable bonds is 6. The minimum atomic E-state index is -3.22. The van der Waals surface area contributed by atoms with Gasteiger partial charge in [0.25, 0.3) is 0 Å². The molecule has 1 saturated heterocycles. The quantitative estimate of drug-likeness (QED) is 0.788. The van der Waals surface area contributed by atoms with Gasteiger partial charge < -0.3 is 10.1 Å². The summed E-state index contributed by atoms with van der Waals surface area (Å²) < 4.78 is 30.4. The van der Waals surface area contributed by atoms with E-state index in [4.69, 9.17) is 4.74 Å². The first kappa shape index (κ1) is 18.7. The van der Waals surface area contributed by atoms with E-state index in [9.17, 15) is 13.2 Å². The van der Waals surface area contributed by atoms with Crippen LogP contribution < -0.4 is 5.32 Å². The lowest BCUT2D eigenvalue weighted by atomic mass is 9.58. The summed E-state index contributed by atoms with van der Waals surface area (Å²) in [5.41, 5.74) is 0.00952. The van der Waals surface area contributed by atoms with Gasteiger partial charge in [0.15, 0.2) is 0 Å². The number of nitrogens with one attached hydrogen (secondary N) is 1. The van der Waals surface area contributed by atoms with Gasteiger partial charge in [0.05, 0.1) is 18.3 Å². The second-order valence-corrected chi connectivity index (χ2v) is 8.90. The van der Waals surface area contributed by atoms with Gasteiger partial charge in [0.1, 0.15) is 0 Å². The number of methoxy groups -OCH3 is 1. The third kappa shape index (κ3) is 3.56. The van der Waals surface area contributed by atoms with Crippen LogP contribution in [0.1, 0.15) is 46.0 Å². The lowest BCUT2D eigenvalue weighted by molar-refractivity contribution is -0.144. The number of hydrogen-bond acceptors (Lipinski definition) is 4. The van der Waals surface area contributed by atoms with Gasteiger partial charge in [0.2, 0.25) is 15.9 Å². The minimum Gasteiger partial charge on any atom is -0.381 e. The van der Waals surface area contributed by atoms with Gasteiger partial charge in [-0.15, -0.1) is 0 Å². The molecule has 6 nitrogen and oxygen atoms in total. The summed E-state index contributed by atoms with van der Waals surface area (Å²) in [6.07, 6.45) is 5.67. The highest BCUT2D eigenvalue weighted by Crippen LogP contribution is 2.48. The molecule has 134 valence electrons. The second-order valence-electron chi connectivity index (χ2n) is 6.92. The molecule has 0 unspecified atom stereocenters. The van der Waals surface area contributed by atoms with Crippen molar-refractivity contribution in [3.8, 4) is 0 Å². The lowest BCUT2D eigenvalue weighted by Gasteiger charge is -2.55. The van der Waals surface area contributed by atoms with Crippen molar-refractivity contribution in [3.05, 3.63) is 0 Å². The summed E-state index contributed by atoms with van der Waals surface area (Å²) in [6, 6.07) is 0.128. The Balaban J connectivity index is 1.99. The van der Waals surface area contributed by atoms with E-state index in [0.29, 0.717) is 13.1 Å². The third-order valence-electron chi connectivity index (χ3n) is 5.93. The topological polar surface area (TPSA) is 75.7 Å². The number of hydrogen-bond donors (Lipinski definition) is 1. The van der Waals surface area contributed by atoms with Crippen LogP contribution in [0.3, 0.4) is 0 Å². The Morgan fingerprint density at radius 2 is 2.00 bits per heavy atom. The highest BCUT2D eigenvalue weighted by Gasteiger charge is 2.53. The summed E-state index contributed by atoms with van der Waals surface area (Å²) in [4.78, 5) is 12.6. The van der Waals surface area contributed by atoms with E-state index >= 15 is 0 Å². The van der Waals surface area contributed by atoms with Crippen LogP contribution in [-0.4, -0.2) is 57.2 Å². The Bertz CT molecular complexity index is 530. The van der Waals surface area contributed by atoms with Crippen LogP contribution in [0.25, 0.3) is 0 Å². The van der Waals surface area contributed by atoms with E-state index < -0.39 is 10.0 Å². The van der Waals surface area contributed by atoms with Gasteiger partial charge in [0, 0.05) is 31.7 Å². The van der Waals surface area contributed by atoms with Crippen LogP contribution >= 0.6 is 0 Å². The Labute approximate surface area is 140 Å². The fraction of sp³-hybridized carbons (Fsp3) is 0.938. The average molecular weight is 346 g/mol. The molecule has 1 N–H and O–H groups in total. The summed E-state index contributed by atoms with van der Waals surface area (Å²) in [5.74, 6) is -0.254. The van der Waals surface area contributed by atoms with Crippen LogP contribution in [-0.2, 0) is 19.6 Å². The minimum absolute atomic E-state index is 0.00952. The molecule has 0 aromatic heterocycles. The first-order chi connectivity index (χ1) is 10.8. The number of nitrogens with zero attached hydrogens (tertiary/aromatic N) is 1. The molecule has 1 heterocycles. The van der Waals surface area contributed by atoms with Crippen molar-refractivity contribution in [3.63, 3.8) is 0 Å². The van der Waals surface area contributed by atoms with Crippen molar-refractivity contribution >= 4 is 15.9 Å². The molecule has 2 fully saturated rings. The molecule has 0 spiro atoms. The number of ether oxygens (including phenoxy) is 1. The van der Waals surface area contributed by atoms with Crippen molar-refractivity contribution in [2.24, 2.45) is 11.3 Å². The van der Waals surface area contributed by atoms with E-state index in [1.807, 2.05) is 0 Å². The molecule has 0 aromatic carbocycles. The Morgan fingerprint density at radius 3 is 2.52 bits per heavy atom. The SMILES string of the molecule is CCC1(CC)[C@H](NC(=O)[C@H]2CCCN(S(C)(=O)=O)C2)C[C@H]1OC. The monoisotopic (exact) mass is 346 g/mol.